The number of aryl methyl sites for hydroxylation is 2. The lowest BCUT2D eigenvalue weighted by atomic mass is 9.99. The van der Waals surface area contributed by atoms with Gasteiger partial charge in [0, 0.05) is 12.6 Å². The quantitative estimate of drug-likeness (QED) is 0.299. The third-order valence-electron chi connectivity index (χ3n) is 6.94. The molecule has 2 aromatic rings. The molecule has 1 aliphatic rings. The Morgan fingerprint density at radius 3 is 2.83 bits per heavy atom. The number of rotatable bonds is 13. The van der Waals surface area contributed by atoms with E-state index in [4.69, 9.17) is 4.74 Å². The van der Waals surface area contributed by atoms with Crippen molar-refractivity contribution in [1.82, 2.24) is 4.90 Å². The number of aliphatic hydroxyl groups is 1. The van der Waals surface area contributed by atoms with Gasteiger partial charge >= 0.3 is 5.97 Å². The summed E-state index contributed by atoms with van der Waals surface area (Å²) in [6.07, 6.45) is 8.01. The number of esters is 1. The molecule has 1 fully saturated rings. The number of methoxy groups -OCH3 is 1. The zero-order valence-corrected chi connectivity index (χ0v) is 21.8. The van der Waals surface area contributed by atoms with Crippen molar-refractivity contribution in [2.45, 2.75) is 70.6 Å². The van der Waals surface area contributed by atoms with Crippen LogP contribution in [0.1, 0.15) is 61.0 Å². The number of ether oxygens (including phenoxy) is 2. The molecular formula is C30H40FNO4. The molecule has 1 aliphatic heterocycles. The Morgan fingerprint density at radius 2 is 2.06 bits per heavy atom. The van der Waals surface area contributed by atoms with E-state index in [-0.39, 0.29) is 30.9 Å². The van der Waals surface area contributed by atoms with Crippen LogP contribution in [-0.2, 0) is 27.1 Å². The number of hydrogen-bond donors (Lipinski definition) is 1. The molecule has 0 bridgehead atoms. The van der Waals surface area contributed by atoms with Gasteiger partial charge in [-0.15, -0.1) is 0 Å². The highest BCUT2D eigenvalue weighted by atomic mass is 19.1. The minimum absolute atomic E-state index is 0.139. The molecule has 0 saturated carbocycles. The average molecular weight is 498 g/mol. The summed E-state index contributed by atoms with van der Waals surface area (Å²) in [5, 5.41) is 10.7. The lowest BCUT2D eigenvalue weighted by Gasteiger charge is -2.27. The Labute approximate surface area is 214 Å². The first-order chi connectivity index (χ1) is 17.4. The number of carbonyl (C=O) groups excluding carboxylic acids is 1. The van der Waals surface area contributed by atoms with Crippen molar-refractivity contribution in [2.75, 3.05) is 26.8 Å². The number of hydrogen-bond acceptors (Lipinski definition) is 5. The summed E-state index contributed by atoms with van der Waals surface area (Å²) in [4.78, 5) is 13.5. The van der Waals surface area contributed by atoms with Crippen molar-refractivity contribution >= 4 is 5.97 Å². The first-order valence-corrected chi connectivity index (χ1v) is 13.0. The van der Waals surface area contributed by atoms with Crippen molar-refractivity contribution in [3.8, 4) is 0 Å². The molecule has 6 heteroatoms. The molecule has 0 spiro atoms. The number of carbonyl (C=O) groups is 1. The lowest BCUT2D eigenvalue weighted by molar-refractivity contribution is -0.139. The first-order valence-electron chi connectivity index (χ1n) is 13.0. The van der Waals surface area contributed by atoms with Crippen LogP contribution in [0, 0.1) is 12.7 Å². The van der Waals surface area contributed by atoms with E-state index in [1.54, 1.807) is 13.0 Å². The van der Waals surface area contributed by atoms with E-state index in [9.17, 15) is 14.3 Å². The van der Waals surface area contributed by atoms with Gasteiger partial charge in [-0.2, -0.15) is 0 Å². The topological polar surface area (TPSA) is 59.0 Å². The van der Waals surface area contributed by atoms with Crippen LogP contribution in [0.3, 0.4) is 0 Å². The SMILES string of the molecule is COC(=O)CC=CCCc1ccccc1[C@@H](C)OC[C@H](O)CN1CCC[C@H]1Cc1ccc(C)c(F)c1. The minimum atomic E-state index is -0.587. The molecule has 2 aromatic carbocycles. The molecule has 0 unspecified atom stereocenters. The maximum atomic E-state index is 14.0. The van der Waals surface area contributed by atoms with E-state index in [2.05, 4.69) is 21.8 Å². The van der Waals surface area contributed by atoms with Crippen LogP contribution in [0.25, 0.3) is 0 Å². The normalized spacial score (nSPS) is 18.0. The highest BCUT2D eigenvalue weighted by Crippen LogP contribution is 2.25. The predicted octanol–water partition coefficient (Wildman–Crippen LogP) is 5.33. The number of halogens is 1. The molecule has 1 N–H and O–H groups in total. The van der Waals surface area contributed by atoms with Crippen LogP contribution in [0.2, 0.25) is 0 Å². The summed E-state index contributed by atoms with van der Waals surface area (Å²) in [6, 6.07) is 14.0. The summed E-state index contributed by atoms with van der Waals surface area (Å²) in [5.41, 5.74) is 3.99. The van der Waals surface area contributed by atoms with Gasteiger partial charge in [-0.3, -0.25) is 9.69 Å². The van der Waals surface area contributed by atoms with Crippen molar-refractivity contribution in [1.29, 1.82) is 0 Å². The Balaban J connectivity index is 1.47. The van der Waals surface area contributed by atoms with E-state index in [0.29, 0.717) is 18.2 Å². The number of benzene rings is 2. The molecule has 0 aromatic heterocycles. The van der Waals surface area contributed by atoms with Crippen LogP contribution < -0.4 is 0 Å². The first kappa shape index (κ1) is 28.0. The summed E-state index contributed by atoms with van der Waals surface area (Å²) in [6.45, 7) is 5.55. The molecule has 3 rings (SSSR count). The third-order valence-corrected chi connectivity index (χ3v) is 6.94. The Hall–Kier alpha value is -2.54. The summed E-state index contributed by atoms with van der Waals surface area (Å²) < 4.78 is 24.7. The van der Waals surface area contributed by atoms with Gasteiger partial charge in [-0.25, -0.2) is 4.39 Å². The standard InChI is InChI=1S/C30H40FNO4/c1-22-15-16-24(19-29(22)31)18-26-12-9-17-32(26)20-27(33)21-36-23(2)28-13-8-7-11-25(28)10-5-4-6-14-30(34)35-3/h4,6-8,11,13,15-16,19,23,26-27,33H,5,9-10,12,14,17-18,20-21H2,1-3H3/t23-,26+,27-/m1/s1. The highest BCUT2D eigenvalue weighted by molar-refractivity contribution is 5.70. The Morgan fingerprint density at radius 1 is 1.25 bits per heavy atom. The molecule has 1 heterocycles. The second kappa shape index (κ2) is 14.3. The fourth-order valence-corrected chi connectivity index (χ4v) is 4.85. The van der Waals surface area contributed by atoms with Gasteiger partial charge in [-0.05, 0) is 80.8 Å². The molecule has 0 aliphatic carbocycles. The molecule has 0 radical (unpaired) electrons. The van der Waals surface area contributed by atoms with Crippen molar-refractivity contribution in [3.63, 3.8) is 0 Å². The van der Waals surface area contributed by atoms with Gasteiger partial charge in [0.2, 0.25) is 0 Å². The van der Waals surface area contributed by atoms with Crippen molar-refractivity contribution in [2.24, 2.45) is 0 Å². The third kappa shape index (κ3) is 8.54. The lowest BCUT2D eigenvalue weighted by Crippen LogP contribution is -2.39. The second-order valence-electron chi connectivity index (χ2n) is 9.70. The van der Waals surface area contributed by atoms with Gasteiger partial charge < -0.3 is 14.6 Å². The second-order valence-corrected chi connectivity index (χ2v) is 9.70. The van der Waals surface area contributed by atoms with E-state index in [1.807, 2.05) is 43.3 Å². The molecule has 5 nitrogen and oxygen atoms in total. The van der Waals surface area contributed by atoms with Crippen LogP contribution in [0.15, 0.2) is 54.6 Å². The largest absolute Gasteiger partial charge is 0.469 e. The average Bonchev–Trinajstić information content (AvgIpc) is 3.30. The van der Waals surface area contributed by atoms with E-state index in [0.717, 1.165) is 49.8 Å². The van der Waals surface area contributed by atoms with Gasteiger partial charge in [0.1, 0.15) is 5.82 Å². The number of aliphatic hydroxyl groups excluding tert-OH is 1. The molecule has 1 saturated heterocycles. The van der Waals surface area contributed by atoms with Crippen LogP contribution >= 0.6 is 0 Å². The minimum Gasteiger partial charge on any atom is -0.469 e. The molecule has 36 heavy (non-hydrogen) atoms. The Bertz CT molecular complexity index is 1010. The van der Waals surface area contributed by atoms with Gasteiger partial charge in [0.05, 0.1) is 32.3 Å². The molecular weight excluding hydrogens is 457 g/mol. The van der Waals surface area contributed by atoms with Crippen LogP contribution in [-0.4, -0.2) is 54.9 Å². The van der Waals surface area contributed by atoms with Crippen LogP contribution in [0.5, 0.6) is 0 Å². The number of likely N-dealkylation sites (tertiary alicyclic amines) is 1. The van der Waals surface area contributed by atoms with Crippen molar-refractivity contribution < 1.29 is 23.8 Å². The van der Waals surface area contributed by atoms with Gasteiger partial charge in [-0.1, -0.05) is 48.6 Å². The number of nitrogens with zero attached hydrogens (tertiary/aromatic N) is 1. The zero-order valence-electron chi connectivity index (χ0n) is 21.8. The fraction of sp³-hybridized carbons (Fsp3) is 0.500. The van der Waals surface area contributed by atoms with Crippen LogP contribution in [0.4, 0.5) is 4.39 Å². The number of β-amino-alcohol motifs (C(OH)–C–C–N with tert-alkyl or cyclic N) is 1. The monoisotopic (exact) mass is 497 g/mol. The predicted molar refractivity (Wildman–Crippen MR) is 140 cm³/mol. The van der Waals surface area contributed by atoms with Gasteiger partial charge in [0.25, 0.3) is 0 Å². The van der Waals surface area contributed by atoms with E-state index < -0.39 is 6.10 Å². The summed E-state index contributed by atoms with van der Waals surface area (Å²) in [5.74, 6) is -0.395. The molecule has 3 atom stereocenters. The van der Waals surface area contributed by atoms with Crippen molar-refractivity contribution in [3.05, 3.63) is 82.7 Å². The zero-order chi connectivity index (χ0) is 25.9. The Kier molecular flexibility index (Phi) is 11.1. The summed E-state index contributed by atoms with van der Waals surface area (Å²) in [7, 11) is 1.39. The maximum absolute atomic E-state index is 14.0. The van der Waals surface area contributed by atoms with Gasteiger partial charge in [0.15, 0.2) is 0 Å². The molecule has 0 amide bonds. The van der Waals surface area contributed by atoms with E-state index >= 15 is 0 Å². The summed E-state index contributed by atoms with van der Waals surface area (Å²) >= 11 is 0. The van der Waals surface area contributed by atoms with E-state index in [1.165, 1.54) is 12.7 Å². The fourth-order valence-electron chi connectivity index (χ4n) is 4.85. The number of allylic oxidation sites excluding steroid dienone is 1. The highest BCUT2D eigenvalue weighted by Gasteiger charge is 2.27. The maximum Gasteiger partial charge on any atom is 0.309 e. The smallest absolute Gasteiger partial charge is 0.309 e. The molecule has 196 valence electrons.